The fourth-order valence-corrected chi connectivity index (χ4v) is 2.46. The third-order valence-corrected chi connectivity index (χ3v) is 3.47. The first-order valence-corrected chi connectivity index (χ1v) is 6.21. The van der Waals surface area contributed by atoms with Crippen molar-refractivity contribution >= 4 is 11.9 Å². The Labute approximate surface area is 105 Å². The van der Waals surface area contributed by atoms with Crippen molar-refractivity contribution in [2.24, 2.45) is 11.8 Å². The molecule has 0 radical (unpaired) electrons. The van der Waals surface area contributed by atoms with Crippen LogP contribution in [0.15, 0.2) is 6.33 Å². The maximum absolute atomic E-state index is 11.7. The van der Waals surface area contributed by atoms with Gasteiger partial charge in [-0.05, 0) is 24.7 Å². The van der Waals surface area contributed by atoms with E-state index < -0.39 is 0 Å². The maximum atomic E-state index is 11.7. The van der Waals surface area contributed by atoms with E-state index in [0.29, 0.717) is 18.4 Å². The van der Waals surface area contributed by atoms with Gasteiger partial charge in [-0.1, -0.05) is 6.42 Å². The molecule has 1 aliphatic carbocycles. The Hall–Kier alpha value is -1.63. The molecule has 0 aliphatic heterocycles. The fourth-order valence-electron chi connectivity index (χ4n) is 2.46. The fraction of sp³-hybridized carbons (Fsp3) is 0.727. The highest BCUT2D eigenvalue weighted by Crippen LogP contribution is 2.30. The highest BCUT2D eigenvalue weighted by molar-refractivity contribution is 5.75. The summed E-state index contributed by atoms with van der Waals surface area (Å²) in [6.45, 7) is 0.953. The second kappa shape index (κ2) is 5.81. The van der Waals surface area contributed by atoms with Crippen LogP contribution in [0.25, 0.3) is 0 Å². The lowest BCUT2D eigenvalue weighted by Gasteiger charge is -2.17. The number of nitrogens with two attached hydrogens (primary N) is 1. The van der Waals surface area contributed by atoms with Crippen LogP contribution in [0.3, 0.4) is 0 Å². The number of amides is 1. The Morgan fingerprint density at radius 1 is 1.56 bits per heavy atom. The number of rotatable bonds is 5. The van der Waals surface area contributed by atoms with Crippen molar-refractivity contribution in [2.75, 3.05) is 18.9 Å². The molecule has 2 rings (SSSR count). The van der Waals surface area contributed by atoms with Crippen molar-refractivity contribution in [3.05, 3.63) is 6.33 Å². The minimum Gasteiger partial charge on any atom is -0.396 e. The van der Waals surface area contributed by atoms with Gasteiger partial charge in [0.2, 0.25) is 11.9 Å². The molecule has 1 fully saturated rings. The van der Waals surface area contributed by atoms with Gasteiger partial charge in [-0.2, -0.15) is 0 Å². The largest absolute Gasteiger partial charge is 0.396 e. The molecule has 1 aromatic rings. The summed E-state index contributed by atoms with van der Waals surface area (Å²) in [6, 6.07) is 0. The van der Waals surface area contributed by atoms with Gasteiger partial charge in [0.1, 0.15) is 12.9 Å². The number of hydrogen-bond donors (Lipinski definition) is 3. The topological polar surface area (TPSA) is 106 Å². The van der Waals surface area contributed by atoms with Crippen LogP contribution in [0.4, 0.5) is 5.95 Å². The molecule has 0 saturated heterocycles. The van der Waals surface area contributed by atoms with Crippen LogP contribution in [-0.2, 0) is 11.3 Å². The molecule has 0 bridgehead atoms. The molecule has 1 heterocycles. The number of nitrogen functional groups attached to an aromatic ring is 1. The number of aromatic nitrogens is 3. The van der Waals surface area contributed by atoms with Crippen molar-refractivity contribution in [3.8, 4) is 0 Å². The molecular formula is C11H19N5O2. The SMILES string of the molecule is Nc1ncn(CC(=O)NCC2CCCC2CO)n1. The third kappa shape index (κ3) is 3.19. The summed E-state index contributed by atoms with van der Waals surface area (Å²) < 4.78 is 1.41. The van der Waals surface area contributed by atoms with Gasteiger partial charge in [-0.3, -0.25) is 4.79 Å². The molecular weight excluding hydrogens is 234 g/mol. The molecule has 1 saturated carbocycles. The van der Waals surface area contributed by atoms with Crippen molar-refractivity contribution in [1.29, 1.82) is 0 Å². The standard InChI is InChI=1S/C11H19N5O2/c12-11-14-7-16(15-11)5-10(18)13-4-8-2-1-3-9(8)6-17/h7-9,17H,1-6H2,(H2,12,15)(H,13,18). The van der Waals surface area contributed by atoms with E-state index in [2.05, 4.69) is 15.4 Å². The summed E-state index contributed by atoms with van der Waals surface area (Å²) >= 11 is 0. The Balaban J connectivity index is 1.74. The van der Waals surface area contributed by atoms with Gasteiger partial charge in [0, 0.05) is 13.2 Å². The number of carbonyl (C=O) groups excluding carboxylic acids is 1. The van der Waals surface area contributed by atoms with Crippen LogP contribution in [0.2, 0.25) is 0 Å². The van der Waals surface area contributed by atoms with E-state index in [4.69, 9.17) is 5.73 Å². The summed E-state index contributed by atoms with van der Waals surface area (Å²) in [5, 5.41) is 15.9. The van der Waals surface area contributed by atoms with E-state index in [9.17, 15) is 9.90 Å². The predicted octanol–water partition coefficient (Wildman–Crippen LogP) is -0.615. The number of nitrogens with zero attached hydrogens (tertiary/aromatic N) is 3. The van der Waals surface area contributed by atoms with E-state index in [-0.39, 0.29) is 25.0 Å². The first-order valence-electron chi connectivity index (χ1n) is 6.21. The average molecular weight is 253 g/mol. The van der Waals surface area contributed by atoms with Gasteiger partial charge in [0.25, 0.3) is 0 Å². The van der Waals surface area contributed by atoms with E-state index in [0.717, 1.165) is 19.3 Å². The number of nitrogens with one attached hydrogen (secondary N) is 1. The molecule has 0 aromatic carbocycles. The molecule has 1 amide bonds. The Kier molecular flexibility index (Phi) is 4.14. The molecule has 0 spiro atoms. The van der Waals surface area contributed by atoms with Crippen LogP contribution in [0, 0.1) is 11.8 Å². The second-order valence-electron chi connectivity index (χ2n) is 4.74. The average Bonchev–Trinajstić information content (AvgIpc) is 2.95. The number of hydrogen-bond acceptors (Lipinski definition) is 5. The number of aliphatic hydroxyl groups excluding tert-OH is 1. The Morgan fingerprint density at radius 2 is 2.33 bits per heavy atom. The third-order valence-electron chi connectivity index (χ3n) is 3.47. The van der Waals surface area contributed by atoms with E-state index >= 15 is 0 Å². The summed E-state index contributed by atoms with van der Waals surface area (Å²) in [4.78, 5) is 15.4. The molecule has 4 N–H and O–H groups in total. The zero-order valence-electron chi connectivity index (χ0n) is 10.2. The molecule has 18 heavy (non-hydrogen) atoms. The highest BCUT2D eigenvalue weighted by atomic mass is 16.3. The van der Waals surface area contributed by atoms with Crippen LogP contribution in [-0.4, -0.2) is 38.9 Å². The normalized spacial score (nSPS) is 23.2. The van der Waals surface area contributed by atoms with Crippen LogP contribution < -0.4 is 11.1 Å². The smallest absolute Gasteiger partial charge is 0.241 e. The van der Waals surface area contributed by atoms with Gasteiger partial charge >= 0.3 is 0 Å². The molecule has 7 nitrogen and oxygen atoms in total. The lowest BCUT2D eigenvalue weighted by atomic mass is 9.97. The van der Waals surface area contributed by atoms with E-state index in [1.165, 1.54) is 11.0 Å². The van der Waals surface area contributed by atoms with Crippen molar-refractivity contribution < 1.29 is 9.90 Å². The van der Waals surface area contributed by atoms with Crippen molar-refractivity contribution in [3.63, 3.8) is 0 Å². The monoisotopic (exact) mass is 253 g/mol. The summed E-state index contributed by atoms with van der Waals surface area (Å²) in [5.41, 5.74) is 5.36. The lowest BCUT2D eigenvalue weighted by molar-refractivity contribution is -0.122. The quantitative estimate of drug-likeness (QED) is 0.648. The van der Waals surface area contributed by atoms with Crippen LogP contribution in [0.5, 0.6) is 0 Å². The minimum absolute atomic E-state index is 0.108. The molecule has 100 valence electrons. The molecule has 2 unspecified atom stereocenters. The van der Waals surface area contributed by atoms with Gasteiger partial charge in [0.15, 0.2) is 0 Å². The molecule has 7 heteroatoms. The number of carbonyl (C=O) groups is 1. The predicted molar refractivity (Wildman–Crippen MR) is 65.4 cm³/mol. The second-order valence-corrected chi connectivity index (χ2v) is 4.74. The minimum atomic E-state index is -0.108. The van der Waals surface area contributed by atoms with Crippen LogP contribution >= 0.6 is 0 Å². The van der Waals surface area contributed by atoms with Crippen molar-refractivity contribution in [1.82, 2.24) is 20.1 Å². The van der Waals surface area contributed by atoms with Gasteiger partial charge in [-0.25, -0.2) is 9.67 Å². The Bertz CT molecular complexity index is 406. The first-order chi connectivity index (χ1) is 8.69. The molecule has 2 atom stereocenters. The molecule has 1 aromatic heterocycles. The maximum Gasteiger partial charge on any atom is 0.241 e. The number of aliphatic hydroxyl groups is 1. The van der Waals surface area contributed by atoms with Gasteiger partial charge in [0.05, 0.1) is 0 Å². The van der Waals surface area contributed by atoms with Gasteiger partial charge in [-0.15, -0.1) is 5.10 Å². The summed E-state index contributed by atoms with van der Waals surface area (Å²) in [5.74, 6) is 0.773. The van der Waals surface area contributed by atoms with Crippen molar-refractivity contribution in [2.45, 2.75) is 25.8 Å². The zero-order chi connectivity index (χ0) is 13.0. The summed E-state index contributed by atoms with van der Waals surface area (Å²) in [6.07, 6.45) is 4.69. The van der Waals surface area contributed by atoms with Crippen LogP contribution in [0.1, 0.15) is 19.3 Å². The van der Waals surface area contributed by atoms with Gasteiger partial charge < -0.3 is 16.2 Å². The van der Waals surface area contributed by atoms with E-state index in [1.807, 2.05) is 0 Å². The lowest BCUT2D eigenvalue weighted by Crippen LogP contribution is -2.34. The van der Waals surface area contributed by atoms with E-state index in [1.54, 1.807) is 0 Å². The Morgan fingerprint density at radius 3 is 3.00 bits per heavy atom. The first kappa shape index (κ1) is 12.8. The highest BCUT2D eigenvalue weighted by Gasteiger charge is 2.26. The molecule has 1 aliphatic rings. The number of anilines is 1. The zero-order valence-corrected chi connectivity index (χ0v) is 10.2. The summed E-state index contributed by atoms with van der Waals surface area (Å²) in [7, 11) is 0.